The number of carbonyl (C=O) groups is 1. The molecule has 2 heterocycles. The van der Waals surface area contributed by atoms with Crippen LogP contribution >= 0.6 is 15.9 Å². The normalized spacial score (nSPS) is 15.7. The van der Waals surface area contributed by atoms with Crippen LogP contribution in [0, 0.1) is 0 Å². The molecule has 1 fully saturated rings. The number of halogens is 1. The van der Waals surface area contributed by atoms with Crippen molar-refractivity contribution in [2.45, 2.75) is 4.90 Å². The number of nitrogens with one attached hydrogen (secondary N) is 1. The molecule has 1 aliphatic rings. The van der Waals surface area contributed by atoms with Crippen LogP contribution in [0.15, 0.2) is 64.0 Å². The number of hydrogen-bond donors (Lipinski definition) is 1. The molecule has 1 amide bonds. The molecule has 0 aliphatic carbocycles. The van der Waals surface area contributed by atoms with Crippen molar-refractivity contribution in [2.24, 2.45) is 0 Å². The predicted octanol–water partition coefficient (Wildman–Crippen LogP) is 3.16. The van der Waals surface area contributed by atoms with E-state index < -0.39 is 9.84 Å². The molecule has 1 saturated heterocycles. The standard InChI is InChI=1S/C21H22BrN3O3S/c22-17-5-7-18(8-6-17)29(27,28)14-13-24-9-11-25(12-10-24)21(26)20-15-16-3-1-2-4-19(16)23-20/h1-8,15,23H,9-14H2. The Labute approximate surface area is 178 Å². The molecule has 0 radical (unpaired) electrons. The molecule has 152 valence electrons. The highest BCUT2D eigenvalue weighted by molar-refractivity contribution is 9.10. The van der Waals surface area contributed by atoms with Crippen LogP contribution in [0.2, 0.25) is 0 Å². The molecule has 1 aromatic heterocycles. The van der Waals surface area contributed by atoms with E-state index in [2.05, 4.69) is 25.8 Å². The highest BCUT2D eigenvalue weighted by Gasteiger charge is 2.24. The summed E-state index contributed by atoms with van der Waals surface area (Å²) in [5.74, 6) is 0.0632. The monoisotopic (exact) mass is 475 g/mol. The number of H-pyrrole nitrogens is 1. The van der Waals surface area contributed by atoms with Gasteiger partial charge in [-0.25, -0.2) is 8.42 Å². The largest absolute Gasteiger partial charge is 0.351 e. The van der Waals surface area contributed by atoms with Gasteiger partial charge in [-0.05, 0) is 36.4 Å². The highest BCUT2D eigenvalue weighted by atomic mass is 79.9. The first-order valence-corrected chi connectivity index (χ1v) is 11.9. The number of hydrogen-bond acceptors (Lipinski definition) is 4. The van der Waals surface area contributed by atoms with Gasteiger partial charge in [-0.1, -0.05) is 34.1 Å². The lowest BCUT2D eigenvalue weighted by Gasteiger charge is -2.34. The van der Waals surface area contributed by atoms with E-state index in [0.29, 0.717) is 43.3 Å². The van der Waals surface area contributed by atoms with Crippen LogP contribution < -0.4 is 0 Å². The number of rotatable bonds is 5. The van der Waals surface area contributed by atoms with Gasteiger partial charge in [-0.3, -0.25) is 9.69 Å². The van der Waals surface area contributed by atoms with E-state index in [1.165, 1.54) is 0 Å². The van der Waals surface area contributed by atoms with Crippen molar-refractivity contribution < 1.29 is 13.2 Å². The van der Waals surface area contributed by atoms with Crippen LogP contribution in [-0.4, -0.2) is 67.6 Å². The number of aromatic nitrogens is 1. The van der Waals surface area contributed by atoms with Gasteiger partial charge < -0.3 is 9.88 Å². The second-order valence-corrected chi connectivity index (χ2v) is 10.2. The first-order chi connectivity index (χ1) is 13.9. The Hall–Kier alpha value is -2.16. The molecule has 0 bridgehead atoms. The minimum atomic E-state index is -3.31. The summed E-state index contributed by atoms with van der Waals surface area (Å²) >= 11 is 3.32. The van der Waals surface area contributed by atoms with Gasteiger partial charge in [0.25, 0.3) is 5.91 Å². The molecule has 2 aromatic carbocycles. The molecular formula is C21H22BrN3O3S. The SMILES string of the molecule is O=C(c1cc2ccccc2[nH]1)N1CCN(CCS(=O)(=O)c2ccc(Br)cc2)CC1. The Bertz CT molecular complexity index is 1080. The third-order valence-corrected chi connectivity index (χ3v) is 7.51. The number of nitrogens with zero attached hydrogens (tertiary/aromatic N) is 2. The Balaban J connectivity index is 1.32. The fourth-order valence-corrected chi connectivity index (χ4v) is 5.09. The molecule has 3 aromatic rings. The topological polar surface area (TPSA) is 73.5 Å². The number of aromatic amines is 1. The zero-order valence-electron chi connectivity index (χ0n) is 15.8. The first-order valence-electron chi connectivity index (χ1n) is 9.50. The maximum atomic E-state index is 12.8. The molecule has 6 nitrogen and oxygen atoms in total. The molecular weight excluding hydrogens is 454 g/mol. The second-order valence-electron chi connectivity index (χ2n) is 7.18. The maximum Gasteiger partial charge on any atom is 0.270 e. The maximum absolute atomic E-state index is 12.8. The highest BCUT2D eigenvalue weighted by Crippen LogP contribution is 2.18. The quantitative estimate of drug-likeness (QED) is 0.614. The number of benzene rings is 2. The smallest absolute Gasteiger partial charge is 0.270 e. The lowest BCUT2D eigenvalue weighted by molar-refractivity contribution is 0.0639. The number of fused-ring (bicyclic) bond motifs is 1. The molecule has 0 atom stereocenters. The number of piperazine rings is 1. The van der Waals surface area contributed by atoms with Gasteiger partial charge >= 0.3 is 0 Å². The van der Waals surface area contributed by atoms with Crippen molar-refractivity contribution >= 4 is 42.6 Å². The summed E-state index contributed by atoms with van der Waals surface area (Å²) < 4.78 is 25.9. The zero-order valence-corrected chi connectivity index (χ0v) is 18.2. The van der Waals surface area contributed by atoms with E-state index in [-0.39, 0.29) is 11.7 Å². The summed E-state index contributed by atoms with van der Waals surface area (Å²) in [5, 5.41) is 1.02. The van der Waals surface area contributed by atoms with Crippen LogP contribution in [0.4, 0.5) is 0 Å². The third-order valence-electron chi connectivity index (χ3n) is 5.27. The second kappa shape index (κ2) is 8.30. The van der Waals surface area contributed by atoms with E-state index in [4.69, 9.17) is 0 Å². The van der Waals surface area contributed by atoms with Gasteiger partial charge in [0.15, 0.2) is 9.84 Å². The predicted molar refractivity (Wildman–Crippen MR) is 117 cm³/mol. The summed E-state index contributed by atoms with van der Waals surface area (Å²) in [7, 11) is -3.31. The molecule has 1 aliphatic heterocycles. The Kier molecular flexibility index (Phi) is 5.76. The molecule has 8 heteroatoms. The summed E-state index contributed by atoms with van der Waals surface area (Å²) in [5.41, 5.74) is 1.55. The zero-order chi connectivity index (χ0) is 20.4. The molecule has 0 spiro atoms. The molecule has 29 heavy (non-hydrogen) atoms. The first kappa shape index (κ1) is 20.1. The van der Waals surface area contributed by atoms with Crippen molar-refractivity contribution in [2.75, 3.05) is 38.5 Å². The van der Waals surface area contributed by atoms with E-state index in [1.54, 1.807) is 24.3 Å². The van der Waals surface area contributed by atoms with Gasteiger partial charge in [-0.15, -0.1) is 0 Å². The van der Waals surface area contributed by atoms with Gasteiger partial charge in [0.1, 0.15) is 5.69 Å². The number of carbonyl (C=O) groups excluding carboxylic acids is 1. The number of para-hydroxylation sites is 1. The summed E-state index contributed by atoms with van der Waals surface area (Å²) in [6.45, 7) is 2.98. The van der Waals surface area contributed by atoms with Crippen molar-refractivity contribution in [1.29, 1.82) is 0 Å². The average molecular weight is 476 g/mol. The van der Waals surface area contributed by atoms with Crippen molar-refractivity contribution in [3.63, 3.8) is 0 Å². The molecule has 0 unspecified atom stereocenters. The lowest BCUT2D eigenvalue weighted by Crippen LogP contribution is -2.49. The minimum Gasteiger partial charge on any atom is -0.351 e. The Morgan fingerprint density at radius 1 is 1.00 bits per heavy atom. The molecule has 4 rings (SSSR count). The lowest BCUT2D eigenvalue weighted by atomic mass is 10.2. The summed E-state index contributed by atoms with van der Waals surface area (Å²) in [4.78, 5) is 20.2. The van der Waals surface area contributed by atoms with Crippen LogP contribution in [0.3, 0.4) is 0 Å². The van der Waals surface area contributed by atoms with E-state index in [1.807, 2.05) is 35.2 Å². The number of amides is 1. The Morgan fingerprint density at radius 3 is 2.38 bits per heavy atom. The summed E-state index contributed by atoms with van der Waals surface area (Å²) in [6, 6.07) is 16.4. The van der Waals surface area contributed by atoms with Crippen LogP contribution in [0.25, 0.3) is 10.9 Å². The van der Waals surface area contributed by atoms with Gasteiger partial charge in [0, 0.05) is 48.1 Å². The minimum absolute atomic E-state index is 0.0108. The van der Waals surface area contributed by atoms with Gasteiger partial charge in [0.2, 0.25) is 0 Å². The number of sulfone groups is 1. The molecule has 1 N–H and O–H groups in total. The average Bonchev–Trinajstić information content (AvgIpc) is 3.17. The van der Waals surface area contributed by atoms with Crippen LogP contribution in [0.5, 0.6) is 0 Å². The summed E-state index contributed by atoms with van der Waals surface area (Å²) in [6.07, 6.45) is 0. The van der Waals surface area contributed by atoms with Crippen LogP contribution in [0.1, 0.15) is 10.5 Å². The van der Waals surface area contributed by atoms with E-state index in [0.717, 1.165) is 15.4 Å². The fourth-order valence-electron chi connectivity index (χ4n) is 3.54. The van der Waals surface area contributed by atoms with Gasteiger partial charge in [-0.2, -0.15) is 0 Å². The fraction of sp³-hybridized carbons (Fsp3) is 0.286. The van der Waals surface area contributed by atoms with E-state index >= 15 is 0 Å². The van der Waals surface area contributed by atoms with Crippen molar-refractivity contribution in [3.8, 4) is 0 Å². The Morgan fingerprint density at radius 2 is 1.69 bits per heavy atom. The van der Waals surface area contributed by atoms with E-state index in [9.17, 15) is 13.2 Å². The molecule has 0 saturated carbocycles. The van der Waals surface area contributed by atoms with Crippen molar-refractivity contribution in [1.82, 2.24) is 14.8 Å². The van der Waals surface area contributed by atoms with Crippen LogP contribution in [-0.2, 0) is 9.84 Å². The third kappa shape index (κ3) is 4.55. The van der Waals surface area contributed by atoms with Gasteiger partial charge in [0.05, 0.1) is 10.6 Å². The van der Waals surface area contributed by atoms with Crippen molar-refractivity contribution in [3.05, 3.63) is 64.8 Å².